The SMILES string of the molecule is NC(=S)c1ccc(C(O)CN2CCC3CCCCC32)cc1. The fourth-order valence-electron chi connectivity index (χ4n) is 3.93. The molecular formula is C17H24N2OS. The number of hydrogen-bond donors (Lipinski definition) is 2. The molecule has 21 heavy (non-hydrogen) atoms. The molecule has 2 aliphatic rings. The van der Waals surface area contributed by atoms with Crippen molar-refractivity contribution in [2.45, 2.75) is 44.2 Å². The van der Waals surface area contributed by atoms with Gasteiger partial charge in [-0.25, -0.2) is 0 Å². The standard InChI is InChI=1S/C17H24N2OS/c18-17(21)14-7-5-13(6-8-14)16(20)11-19-10-9-12-3-1-2-4-15(12)19/h5-8,12,15-16,20H,1-4,9-11H2,(H2,18,21). The molecular weight excluding hydrogens is 280 g/mol. The van der Waals surface area contributed by atoms with Crippen LogP contribution in [0.5, 0.6) is 0 Å². The van der Waals surface area contributed by atoms with Crippen LogP contribution in [0, 0.1) is 5.92 Å². The smallest absolute Gasteiger partial charge is 0.103 e. The number of aliphatic hydroxyl groups is 1. The maximum atomic E-state index is 10.5. The molecule has 0 aromatic heterocycles. The van der Waals surface area contributed by atoms with E-state index in [1.165, 1.54) is 32.1 Å². The summed E-state index contributed by atoms with van der Waals surface area (Å²) in [6.45, 7) is 1.88. The molecule has 1 aromatic carbocycles. The van der Waals surface area contributed by atoms with Crippen LogP contribution >= 0.6 is 12.2 Å². The van der Waals surface area contributed by atoms with Gasteiger partial charge in [-0.05, 0) is 37.3 Å². The predicted molar refractivity (Wildman–Crippen MR) is 89.2 cm³/mol. The highest BCUT2D eigenvalue weighted by atomic mass is 32.1. The van der Waals surface area contributed by atoms with Crippen LogP contribution in [-0.2, 0) is 0 Å². The third-order valence-electron chi connectivity index (χ3n) is 5.11. The number of nitrogens with two attached hydrogens (primary N) is 1. The first-order valence-corrected chi connectivity index (χ1v) is 8.38. The van der Waals surface area contributed by atoms with Crippen molar-refractivity contribution in [1.29, 1.82) is 0 Å². The number of fused-ring (bicyclic) bond motifs is 1. The number of aliphatic hydroxyl groups excluding tert-OH is 1. The summed E-state index contributed by atoms with van der Waals surface area (Å²) in [5, 5.41) is 10.5. The Morgan fingerprint density at radius 3 is 2.67 bits per heavy atom. The van der Waals surface area contributed by atoms with Crippen molar-refractivity contribution in [1.82, 2.24) is 4.90 Å². The van der Waals surface area contributed by atoms with E-state index in [9.17, 15) is 5.11 Å². The predicted octanol–water partition coefficient (Wildman–Crippen LogP) is 2.62. The van der Waals surface area contributed by atoms with Crippen LogP contribution < -0.4 is 5.73 Å². The minimum atomic E-state index is -0.425. The Kier molecular flexibility index (Phi) is 4.57. The zero-order valence-electron chi connectivity index (χ0n) is 12.4. The zero-order chi connectivity index (χ0) is 14.8. The fourth-order valence-corrected chi connectivity index (χ4v) is 4.06. The largest absolute Gasteiger partial charge is 0.389 e. The van der Waals surface area contributed by atoms with Gasteiger partial charge >= 0.3 is 0 Å². The fraction of sp³-hybridized carbons (Fsp3) is 0.588. The molecule has 0 bridgehead atoms. The minimum absolute atomic E-state index is 0.403. The number of thiocarbonyl (C=S) groups is 1. The summed E-state index contributed by atoms with van der Waals surface area (Å²) < 4.78 is 0. The van der Waals surface area contributed by atoms with Gasteiger partial charge in [-0.15, -0.1) is 0 Å². The highest BCUT2D eigenvalue weighted by Crippen LogP contribution is 2.36. The Bertz CT molecular complexity index is 502. The average Bonchev–Trinajstić information content (AvgIpc) is 2.91. The summed E-state index contributed by atoms with van der Waals surface area (Å²) in [4.78, 5) is 2.90. The van der Waals surface area contributed by atoms with E-state index in [1.807, 2.05) is 24.3 Å². The quantitative estimate of drug-likeness (QED) is 0.840. The lowest BCUT2D eigenvalue weighted by atomic mass is 9.85. The van der Waals surface area contributed by atoms with E-state index in [2.05, 4.69) is 4.90 Å². The van der Waals surface area contributed by atoms with E-state index in [0.717, 1.165) is 30.1 Å². The lowest BCUT2D eigenvalue weighted by Crippen LogP contribution is -2.37. The second kappa shape index (κ2) is 6.42. The Balaban J connectivity index is 1.63. The van der Waals surface area contributed by atoms with Crippen molar-refractivity contribution < 1.29 is 5.11 Å². The first kappa shape index (κ1) is 14.9. The van der Waals surface area contributed by atoms with Crippen LogP contribution in [0.4, 0.5) is 0 Å². The third kappa shape index (κ3) is 3.28. The number of likely N-dealkylation sites (tertiary alicyclic amines) is 1. The van der Waals surface area contributed by atoms with Gasteiger partial charge < -0.3 is 10.8 Å². The first-order chi connectivity index (χ1) is 10.1. The van der Waals surface area contributed by atoms with E-state index in [4.69, 9.17) is 18.0 Å². The van der Waals surface area contributed by atoms with Crippen LogP contribution in [-0.4, -0.2) is 34.1 Å². The molecule has 1 saturated heterocycles. The van der Waals surface area contributed by atoms with Gasteiger partial charge in [-0.2, -0.15) is 0 Å². The molecule has 1 saturated carbocycles. The molecule has 3 rings (SSSR count). The molecule has 0 spiro atoms. The van der Waals surface area contributed by atoms with Gasteiger partial charge in [0.2, 0.25) is 0 Å². The Labute approximate surface area is 132 Å². The number of rotatable bonds is 4. The van der Waals surface area contributed by atoms with E-state index < -0.39 is 6.10 Å². The van der Waals surface area contributed by atoms with E-state index in [-0.39, 0.29) is 0 Å². The molecule has 0 amide bonds. The molecule has 3 nitrogen and oxygen atoms in total. The molecule has 1 heterocycles. The van der Waals surface area contributed by atoms with Crippen LogP contribution in [0.1, 0.15) is 49.3 Å². The Hall–Kier alpha value is -0.970. The second-order valence-corrected chi connectivity index (χ2v) is 6.84. The molecule has 3 unspecified atom stereocenters. The number of benzene rings is 1. The zero-order valence-corrected chi connectivity index (χ0v) is 13.2. The molecule has 114 valence electrons. The molecule has 1 aromatic rings. The molecule has 3 N–H and O–H groups in total. The average molecular weight is 304 g/mol. The molecule has 0 radical (unpaired) electrons. The van der Waals surface area contributed by atoms with Gasteiger partial charge in [0.1, 0.15) is 4.99 Å². The maximum absolute atomic E-state index is 10.5. The lowest BCUT2D eigenvalue weighted by molar-refractivity contribution is 0.0893. The molecule has 1 aliphatic heterocycles. The van der Waals surface area contributed by atoms with Crippen molar-refractivity contribution in [2.75, 3.05) is 13.1 Å². The summed E-state index contributed by atoms with van der Waals surface area (Å²) in [6, 6.07) is 8.37. The number of nitrogens with zero attached hydrogens (tertiary/aromatic N) is 1. The molecule has 3 atom stereocenters. The summed E-state index contributed by atoms with van der Waals surface area (Å²) >= 11 is 4.96. The van der Waals surface area contributed by atoms with Crippen molar-refractivity contribution in [3.05, 3.63) is 35.4 Å². The third-order valence-corrected chi connectivity index (χ3v) is 5.35. The molecule has 2 fully saturated rings. The Morgan fingerprint density at radius 1 is 1.24 bits per heavy atom. The maximum Gasteiger partial charge on any atom is 0.103 e. The number of β-amino-alcohol motifs (C(OH)–C–C–N with tert-alkyl or cyclic N) is 1. The molecule has 1 aliphatic carbocycles. The molecule has 4 heteroatoms. The highest BCUT2D eigenvalue weighted by molar-refractivity contribution is 7.80. The van der Waals surface area contributed by atoms with Crippen LogP contribution in [0.25, 0.3) is 0 Å². The van der Waals surface area contributed by atoms with Gasteiger partial charge in [-0.3, -0.25) is 4.90 Å². The normalized spacial score (nSPS) is 27.3. The summed E-state index contributed by atoms with van der Waals surface area (Å²) in [6.07, 6.45) is 6.29. The van der Waals surface area contributed by atoms with Crippen LogP contribution in [0.3, 0.4) is 0 Å². The van der Waals surface area contributed by atoms with Crippen molar-refractivity contribution in [2.24, 2.45) is 11.7 Å². The highest BCUT2D eigenvalue weighted by Gasteiger charge is 2.36. The van der Waals surface area contributed by atoms with E-state index in [0.29, 0.717) is 11.0 Å². The van der Waals surface area contributed by atoms with Gasteiger partial charge in [-0.1, -0.05) is 49.3 Å². The van der Waals surface area contributed by atoms with Crippen LogP contribution in [0.15, 0.2) is 24.3 Å². The summed E-state index contributed by atoms with van der Waals surface area (Å²) in [5.41, 5.74) is 7.41. The lowest BCUT2D eigenvalue weighted by Gasteiger charge is -2.32. The first-order valence-electron chi connectivity index (χ1n) is 7.97. The summed E-state index contributed by atoms with van der Waals surface area (Å²) in [5.74, 6) is 0.864. The van der Waals surface area contributed by atoms with Gasteiger partial charge in [0, 0.05) is 18.2 Å². The van der Waals surface area contributed by atoms with E-state index in [1.54, 1.807) is 0 Å². The monoisotopic (exact) mass is 304 g/mol. The van der Waals surface area contributed by atoms with Crippen LogP contribution in [0.2, 0.25) is 0 Å². The van der Waals surface area contributed by atoms with Crippen molar-refractivity contribution in [3.8, 4) is 0 Å². The Morgan fingerprint density at radius 2 is 1.95 bits per heavy atom. The van der Waals surface area contributed by atoms with Gasteiger partial charge in [0.15, 0.2) is 0 Å². The van der Waals surface area contributed by atoms with Crippen molar-refractivity contribution >= 4 is 17.2 Å². The topological polar surface area (TPSA) is 49.5 Å². The van der Waals surface area contributed by atoms with E-state index >= 15 is 0 Å². The minimum Gasteiger partial charge on any atom is -0.389 e. The van der Waals surface area contributed by atoms with Gasteiger partial charge in [0.25, 0.3) is 0 Å². The second-order valence-electron chi connectivity index (χ2n) is 6.40. The van der Waals surface area contributed by atoms with Crippen molar-refractivity contribution in [3.63, 3.8) is 0 Å². The number of hydrogen-bond acceptors (Lipinski definition) is 3. The van der Waals surface area contributed by atoms with Gasteiger partial charge in [0.05, 0.1) is 6.10 Å². The summed E-state index contributed by atoms with van der Waals surface area (Å²) in [7, 11) is 0.